The van der Waals surface area contributed by atoms with Crippen LogP contribution in [0.2, 0.25) is 0 Å². The van der Waals surface area contributed by atoms with E-state index in [0.717, 1.165) is 33.4 Å². The number of aryl methyl sites for hydroxylation is 1. The minimum atomic E-state index is 0.786. The summed E-state index contributed by atoms with van der Waals surface area (Å²) >= 11 is 0. The van der Waals surface area contributed by atoms with Crippen molar-refractivity contribution in [3.05, 3.63) is 48.3 Å². The van der Waals surface area contributed by atoms with E-state index in [-0.39, 0.29) is 0 Å². The molecule has 98 valence electrons. The number of fused-ring (bicyclic) bond motifs is 1. The van der Waals surface area contributed by atoms with Gasteiger partial charge in [0.25, 0.3) is 0 Å². The summed E-state index contributed by atoms with van der Waals surface area (Å²) in [6, 6.07) is 10.2. The van der Waals surface area contributed by atoms with Crippen LogP contribution >= 0.6 is 0 Å². The van der Waals surface area contributed by atoms with Gasteiger partial charge in [0.15, 0.2) is 0 Å². The Morgan fingerprint density at radius 3 is 2.58 bits per heavy atom. The molecule has 2 aromatic heterocycles. The van der Waals surface area contributed by atoms with E-state index in [1.165, 1.54) is 0 Å². The van der Waals surface area contributed by atoms with Crippen molar-refractivity contribution in [3.63, 3.8) is 0 Å². The SMILES string of the molecule is CC.Cc1cc(N)cc(-c2cnc3[nH]ccc3c2)c1. The number of aromatic amines is 1. The number of hydrogen-bond donors (Lipinski definition) is 2. The average Bonchev–Trinajstić information content (AvgIpc) is 2.87. The Labute approximate surface area is 113 Å². The lowest BCUT2D eigenvalue weighted by atomic mass is 10.0. The van der Waals surface area contributed by atoms with Crippen LogP contribution in [0, 0.1) is 6.92 Å². The zero-order chi connectivity index (χ0) is 13.8. The molecule has 1 aromatic carbocycles. The first-order chi connectivity index (χ1) is 9.22. The molecular weight excluding hydrogens is 234 g/mol. The van der Waals surface area contributed by atoms with Crippen LogP contribution in [-0.4, -0.2) is 9.97 Å². The molecule has 0 aliphatic heterocycles. The molecule has 0 fully saturated rings. The lowest BCUT2D eigenvalue weighted by molar-refractivity contribution is 1.32. The molecule has 3 N–H and O–H groups in total. The van der Waals surface area contributed by atoms with Gasteiger partial charge in [0, 0.05) is 29.0 Å². The minimum Gasteiger partial charge on any atom is -0.399 e. The predicted molar refractivity (Wildman–Crippen MR) is 82.0 cm³/mol. The average molecular weight is 253 g/mol. The molecule has 0 unspecified atom stereocenters. The van der Waals surface area contributed by atoms with Gasteiger partial charge in [0.05, 0.1) is 0 Å². The molecule has 0 amide bonds. The largest absolute Gasteiger partial charge is 0.399 e. The molecule has 3 aromatic rings. The van der Waals surface area contributed by atoms with Gasteiger partial charge in [-0.25, -0.2) is 4.98 Å². The summed E-state index contributed by atoms with van der Waals surface area (Å²) in [5, 5.41) is 1.11. The van der Waals surface area contributed by atoms with E-state index >= 15 is 0 Å². The maximum Gasteiger partial charge on any atom is 0.137 e. The maximum absolute atomic E-state index is 5.86. The van der Waals surface area contributed by atoms with Crippen LogP contribution in [-0.2, 0) is 0 Å². The second-order valence-electron chi connectivity index (χ2n) is 4.27. The van der Waals surface area contributed by atoms with Crippen molar-refractivity contribution < 1.29 is 0 Å². The quantitative estimate of drug-likeness (QED) is 0.640. The van der Waals surface area contributed by atoms with E-state index in [1.54, 1.807) is 0 Å². The van der Waals surface area contributed by atoms with Gasteiger partial charge in [-0.1, -0.05) is 19.9 Å². The zero-order valence-electron chi connectivity index (χ0n) is 11.6. The van der Waals surface area contributed by atoms with Crippen molar-refractivity contribution in [3.8, 4) is 11.1 Å². The first-order valence-corrected chi connectivity index (χ1v) is 6.53. The number of nitrogens with zero attached hydrogens (tertiary/aromatic N) is 1. The van der Waals surface area contributed by atoms with Crippen LogP contribution in [0.15, 0.2) is 42.7 Å². The van der Waals surface area contributed by atoms with Crippen LogP contribution in [0.4, 0.5) is 5.69 Å². The van der Waals surface area contributed by atoms with Crippen LogP contribution in [0.3, 0.4) is 0 Å². The van der Waals surface area contributed by atoms with Crippen LogP contribution in [0.5, 0.6) is 0 Å². The van der Waals surface area contributed by atoms with Gasteiger partial charge in [0.1, 0.15) is 5.65 Å². The highest BCUT2D eigenvalue weighted by Gasteiger charge is 2.03. The number of nitrogens with two attached hydrogens (primary N) is 1. The van der Waals surface area contributed by atoms with E-state index < -0.39 is 0 Å². The van der Waals surface area contributed by atoms with Crippen molar-refractivity contribution >= 4 is 16.7 Å². The monoisotopic (exact) mass is 253 g/mol. The second-order valence-corrected chi connectivity index (χ2v) is 4.27. The van der Waals surface area contributed by atoms with Gasteiger partial charge >= 0.3 is 0 Å². The number of benzene rings is 1. The molecule has 0 saturated carbocycles. The summed E-state index contributed by atoms with van der Waals surface area (Å²) in [5.41, 5.74) is 10.9. The fourth-order valence-corrected chi connectivity index (χ4v) is 2.08. The predicted octanol–water partition coefficient (Wildman–Crippen LogP) is 4.15. The summed E-state index contributed by atoms with van der Waals surface area (Å²) in [6.07, 6.45) is 3.76. The molecular formula is C16H19N3. The summed E-state index contributed by atoms with van der Waals surface area (Å²) < 4.78 is 0. The Balaban J connectivity index is 0.000000637. The molecule has 19 heavy (non-hydrogen) atoms. The molecule has 0 atom stereocenters. The molecule has 3 heteroatoms. The van der Waals surface area contributed by atoms with E-state index in [4.69, 9.17) is 5.73 Å². The topological polar surface area (TPSA) is 54.7 Å². The van der Waals surface area contributed by atoms with E-state index in [1.807, 2.05) is 51.4 Å². The van der Waals surface area contributed by atoms with E-state index in [2.05, 4.69) is 22.1 Å². The lowest BCUT2D eigenvalue weighted by Gasteiger charge is -2.05. The van der Waals surface area contributed by atoms with Crippen molar-refractivity contribution in [2.24, 2.45) is 0 Å². The van der Waals surface area contributed by atoms with Gasteiger partial charge < -0.3 is 10.7 Å². The number of hydrogen-bond acceptors (Lipinski definition) is 2. The van der Waals surface area contributed by atoms with Crippen molar-refractivity contribution in [1.29, 1.82) is 0 Å². The minimum absolute atomic E-state index is 0.786. The second kappa shape index (κ2) is 5.57. The lowest BCUT2D eigenvalue weighted by Crippen LogP contribution is -1.88. The molecule has 0 aliphatic rings. The van der Waals surface area contributed by atoms with Gasteiger partial charge in [-0.2, -0.15) is 0 Å². The molecule has 0 saturated heterocycles. The standard InChI is InChI=1S/C14H13N3.C2H6/c1-9-4-11(7-13(15)5-9)12-6-10-2-3-16-14(10)17-8-12;1-2/h2-8H,15H2,1H3,(H,16,17);1-2H3. The molecule has 0 bridgehead atoms. The van der Waals surface area contributed by atoms with Crippen LogP contribution in [0.1, 0.15) is 19.4 Å². The highest BCUT2D eigenvalue weighted by Crippen LogP contribution is 2.25. The number of H-pyrrole nitrogens is 1. The van der Waals surface area contributed by atoms with E-state index in [9.17, 15) is 0 Å². The number of nitrogens with one attached hydrogen (secondary N) is 1. The Kier molecular flexibility index (Phi) is 3.85. The summed E-state index contributed by atoms with van der Waals surface area (Å²) in [7, 11) is 0. The maximum atomic E-state index is 5.86. The summed E-state index contributed by atoms with van der Waals surface area (Å²) in [5.74, 6) is 0. The van der Waals surface area contributed by atoms with Gasteiger partial charge in [-0.3, -0.25) is 0 Å². The third-order valence-corrected chi connectivity index (χ3v) is 2.83. The molecule has 3 nitrogen and oxygen atoms in total. The number of anilines is 1. The van der Waals surface area contributed by atoms with E-state index in [0.29, 0.717) is 0 Å². The number of nitrogen functional groups attached to an aromatic ring is 1. The van der Waals surface area contributed by atoms with Gasteiger partial charge in [0.2, 0.25) is 0 Å². The molecule has 2 heterocycles. The van der Waals surface area contributed by atoms with Crippen molar-refractivity contribution in [2.45, 2.75) is 20.8 Å². The molecule has 0 radical (unpaired) electrons. The van der Waals surface area contributed by atoms with Crippen LogP contribution in [0.25, 0.3) is 22.2 Å². The number of pyridine rings is 1. The fourth-order valence-electron chi connectivity index (χ4n) is 2.08. The molecule has 0 spiro atoms. The smallest absolute Gasteiger partial charge is 0.137 e. The van der Waals surface area contributed by atoms with Gasteiger partial charge in [-0.05, 0) is 42.3 Å². The number of rotatable bonds is 1. The van der Waals surface area contributed by atoms with Gasteiger partial charge in [-0.15, -0.1) is 0 Å². The summed E-state index contributed by atoms with van der Waals surface area (Å²) in [4.78, 5) is 7.47. The van der Waals surface area contributed by atoms with Crippen LogP contribution < -0.4 is 5.73 Å². The first-order valence-electron chi connectivity index (χ1n) is 6.53. The Morgan fingerprint density at radius 1 is 1.05 bits per heavy atom. The summed E-state index contributed by atoms with van der Waals surface area (Å²) in [6.45, 7) is 6.04. The number of aromatic nitrogens is 2. The Bertz CT molecular complexity index is 663. The molecule has 3 rings (SSSR count). The Morgan fingerprint density at radius 2 is 1.84 bits per heavy atom. The fraction of sp³-hybridized carbons (Fsp3) is 0.188. The van der Waals surface area contributed by atoms with Crippen molar-refractivity contribution in [1.82, 2.24) is 9.97 Å². The third kappa shape index (κ3) is 2.76. The highest BCUT2D eigenvalue weighted by molar-refractivity contribution is 5.82. The van der Waals surface area contributed by atoms with Crippen molar-refractivity contribution in [2.75, 3.05) is 5.73 Å². The highest BCUT2D eigenvalue weighted by atomic mass is 14.8. The zero-order valence-corrected chi connectivity index (χ0v) is 11.6. The molecule has 0 aliphatic carbocycles. The normalized spacial score (nSPS) is 10.1. The third-order valence-electron chi connectivity index (χ3n) is 2.83. The Hall–Kier alpha value is -2.29. The first kappa shape index (κ1) is 13.1.